The Balaban J connectivity index is 1.31. The molecule has 0 spiro atoms. The molecule has 1 aliphatic heterocycles. The van der Waals surface area contributed by atoms with Crippen LogP contribution in [0.25, 0.3) is 11.5 Å². The highest BCUT2D eigenvalue weighted by Gasteiger charge is 2.31. The van der Waals surface area contributed by atoms with Gasteiger partial charge in [0.25, 0.3) is 0 Å². The van der Waals surface area contributed by atoms with Crippen molar-refractivity contribution in [3.05, 3.63) is 108 Å². The van der Waals surface area contributed by atoms with E-state index in [0.717, 1.165) is 11.1 Å². The summed E-state index contributed by atoms with van der Waals surface area (Å²) in [7, 11) is 0. The molecule has 0 bridgehead atoms. The minimum absolute atomic E-state index is 0.0340. The number of rotatable bonds is 14. The van der Waals surface area contributed by atoms with E-state index in [0.29, 0.717) is 63.5 Å². The number of nitrogens with one attached hydrogen (secondary N) is 2. The summed E-state index contributed by atoms with van der Waals surface area (Å²) in [6.45, 7) is 6.19. The van der Waals surface area contributed by atoms with Crippen molar-refractivity contribution in [1.82, 2.24) is 20.5 Å². The van der Waals surface area contributed by atoms with Gasteiger partial charge in [0.05, 0.1) is 25.5 Å². The molecule has 246 valence electrons. The van der Waals surface area contributed by atoms with Crippen LogP contribution in [0.5, 0.6) is 5.75 Å². The van der Waals surface area contributed by atoms with E-state index in [1.807, 2.05) is 98.8 Å². The van der Waals surface area contributed by atoms with Crippen LogP contribution in [-0.2, 0) is 22.6 Å². The highest BCUT2D eigenvalue weighted by molar-refractivity contribution is 6.00. The van der Waals surface area contributed by atoms with E-state index in [1.54, 1.807) is 4.90 Å². The number of carbonyl (C=O) groups is 3. The SMILES string of the molecule is CC(C)C[C@H](NC(=O)N1CCOCC1)C(=O)N[C@@H](CCc1ccccc1)C(=O)c1cnc(-c2cccc(OCc3ccccc3)c2)o1. The van der Waals surface area contributed by atoms with Gasteiger partial charge in [-0.3, -0.25) is 9.59 Å². The first kappa shape index (κ1) is 33.4. The fraction of sp³-hybridized carbons (Fsp3) is 0.351. The molecule has 0 radical (unpaired) electrons. The number of morpholine rings is 1. The van der Waals surface area contributed by atoms with Crippen LogP contribution in [-0.4, -0.2) is 66.0 Å². The number of benzene rings is 3. The largest absolute Gasteiger partial charge is 0.489 e. The summed E-state index contributed by atoms with van der Waals surface area (Å²) < 4.78 is 17.3. The van der Waals surface area contributed by atoms with Crippen LogP contribution in [0.3, 0.4) is 0 Å². The number of oxazole rings is 1. The Morgan fingerprint density at radius 3 is 2.28 bits per heavy atom. The van der Waals surface area contributed by atoms with Crippen LogP contribution in [0.2, 0.25) is 0 Å². The minimum Gasteiger partial charge on any atom is -0.489 e. The highest BCUT2D eigenvalue weighted by Crippen LogP contribution is 2.25. The lowest BCUT2D eigenvalue weighted by Crippen LogP contribution is -2.56. The average molecular weight is 639 g/mol. The van der Waals surface area contributed by atoms with Crippen LogP contribution in [0.4, 0.5) is 4.79 Å². The van der Waals surface area contributed by atoms with Crippen LogP contribution in [0, 0.1) is 5.92 Å². The van der Waals surface area contributed by atoms with Crippen molar-refractivity contribution in [2.24, 2.45) is 5.92 Å². The third kappa shape index (κ3) is 9.76. The minimum atomic E-state index is -0.904. The lowest BCUT2D eigenvalue weighted by molar-refractivity contribution is -0.123. The quantitative estimate of drug-likeness (QED) is 0.171. The van der Waals surface area contributed by atoms with E-state index >= 15 is 0 Å². The summed E-state index contributed by atoms with van der Waals surface area (Å²) in [5.41, 5.74) is 2.73. The first-order chi connectivity index (χ1) is 22.9. The molecule has 1 aromatic heterocycles. The van der Waals surface area contributed by atoms with E-state index in [9.17, 15) is 14.4 Å². The molecule has 2 N–H and O–H groups in total. The predicted molar refractivity (Wildman–Crippen MR) is 178 cm³/mol. The Kier molecular flexibility index (Phi) is 11.8. The fourth-order valence-electron chi connectivity index (χ4n) is 5.36. The number of hydrogen-bond donors (Lipinski definition) is 2. The first-order valence-electron chi connectivity index (χ1n) is 16.1. The predicted octanol–water partition coefficient (Wildman–Crippen LogP) is 5.68. The number of aromatic nitrogens is 1. The number of ketones is 1. The molecule has 2 atom stereocenters. The van der Waals surface area contributed by atoms with E-state index in [1.165, 1.54) is 6.20 Å². The molecule has 3 aromatic carbocycles. The van der Waals surface area contributed by atoms with E-state index < -0.39 is 23.8 Å². The molecule has 1 saturated heterocycles. The Morgan fingerprint density at radius 1 is 0.872 bits per heavy atom. The van der Waals surface area contributed by atoms with Crippen molar-refractivity contribution in [1.29, 1.82) is 0 Å². The second kappa shape index (κ2) is 16.6. The Labute approximate surface area is 275 Å². The van der Waals surface area contributed by atoms with Gasteiger partial charge >= 0.3 is 6.03 Å². The number of aryl methyl sites for hydroxylation is 1. The molecule has 1 fully saturated rings. The zero-order valence-corrected chi connectivity index (χ0v) is 26.9. The molecular formula is C37H42N4O6. The second-order valence-corrected chi connectivity index (χ2v) is 12.0. The molecule has 5 rings (SSSR count). The van der Waals surface area contributed by atoms with Gasteiger partial charge in [-0.25, -0.2) is 9.78 Å². The van der Waals surface area contributed by atoms with E-state index in [2.05, 4.69) is 15.6 Å². The molecule has 4 aromatic rings. The van der Waals surface area contributed by atoms with Gasteiger partial charge in [-0.05, 0) is 54.5 Å². The summed E-state index contributed by atoms with van der Waals surface area (Å²) in [6.07, 6.45) is 2.69. The van der Waals surface area contributed by atoms with Gasteiger partial charge in [-0.1, -0.05) is 80.6 Å². The summed E-state index contributed by atoms with van der Waals surface area (Å²) in [4.78, 5) is 46.6. The molecule has 0 unspecified atom stereocenters. The van der Waals surface area contributed by atoms with Gasteiger partial charge in [0, 0.05) is 18.7 Å². The Bertz CT molecular complexity index is 1600. The maximum atomic E-state index is 13.9. The Hall–Kier alpha value is -4.96. The van der Waals surface area contributed by atoms with Crippen LogP contribution in [0.1, 0.15) is 48.4 Å². The van der Waals surface area contributed by atoms with Gasteiger partial charge in [0.1, 0.15) is 18.4 Å². The number of hydrogen-bond acceptors (Lipinski definition) is 7. The zero-order chi connectivity index (χ0) is 33.0. The molecule has 47 heavy (non-hydrogen) atoms. The Morgan fingerprint density at radius 2 is 1.57 bits per heavy atom. The van der Waals surface area contributed by atoms with Crippen molar-refractivity contribution in [3.8, 4) is 17.2 Å². The second-order valence-electron chi connectivity index (χ2n) is 12.0. The number of nitrogens with zero attached hydrogens (tertiary/aromatic N) is 2. The molecular weight excluding hydrogens is 596 g/mol. The van der Waals surface area contributed by atoms with Crippen molar-refractivity contribution in [2.75, 3.05) is 26.3 Å². The van der Waals surface area contributed by atoms with Crippen LogP contribution >= 0.6 is 0 Å². The van der Waals surface area contributed by atoms with Gasteiger partial charge in [0.2, 0.25) is 17.6 Å². The first-order valence-corrected chi connectivity index (χ1v) is 16.1. The standard InChI is InChI=1S/C37H42N4O6/c1-26(2)22-32(40-37(44)41-18-20-45-21-19-41)35(43)39-31(17-16-27-10-5-3-6-11-27)34(42)33-24-38-36(47-33)29-14-9-15-30(23-29)46-25-28-12-7-4-8-13-28/h3-15,23-24,26,31-32H,16-22,25H2,1-2H3,(H,39,43)(H,40,44)/t31-,32-/m0/s1. The number of amides is 3. The molecule has 10 heteroatoms. The number of Topliss-reactive ketones (excluding diaryl/α,β-unsaturated/α-hetero) is 1. The topological polar surface area (TPSA) is 123 Å². The third-order valence-electron chi connectivity index (χ3n) is 7.89. The number of ether oxygens (including phenoxy) is 2. The monoisotopic (exact) mass is 638 g/mol. The van der Waals surface area contributed by atoms with Crippen LogP contribution < -0.4 is 15.4 Å². The number of urea groups is 1. The van der Waals surface area contributed by atoms with Gasteiger partial charge in [-0.2, -0.15) is 0 Å². The number of carbonyl (C=O) groups excluding carboxylic acids is 3. The zero-order valence-electron chi connectivity index (χ0n) is 26.9. The molecule has 1 aliphatic rings. The lowest BCUT2D eigenvalue weighted by Gasteiger charge is -2.30. The van der Waals surface area contributed by atoms with Crippen molar-refractivity contribution < 1.29 is 28.3 Å². The highest BCUT2D eigenvalue weighted by atomic mass is 16.5. The molecule has 0 aliphatic carbocycles. The maximum absolute atomic E-state index is 13.9. The van der Waals surface area contributed by atoms with E-state index in [4.69, 9.17) is 13.9 Å². The third-order valence-corrected chi connectivity index (χ3v) is 7.89. The molecule has 2 heterocycles. The summed E-state index contributed by atoms with van der Waals surface area (Å²) >= 11 is 0. The van der Waals surface area contributed by atoms with Crippen LogP contribution in [0.15, 0.2) is 95.5 Å². The normalized spacial score (nSPS) is 14.3. The summed E-state index contributed by atoms with van der Waals surface area (Å²) in [6, 6.07) is 24.9. The maximum Gasteiger partial charge on any atom is 0.318 e. The average Bonchev–Trinajstić information content (AvgIpc) is 3.60. The molecule has 3 amide bonds. The summed E-state index contributed by atoms with van der Waals surface area (Å²) in [5.74, 6) is 0.245. The smallest absolute Gasteiger partial charge is 0.318 e. The van der Waals surface area contributed by atoms with Crippen molar-refractivity contribution >= 4 is 17.7 Å². The van der Waals surface area contributed by atoms with E-state index in [-0.39, 0.29) is 23.6 Å². The summed E-state index contributed by atoms with van der Waals surface area (Å²) in [5, 5.41) is 5.82. The van der Waals surface area contributed by atoms with Gasteiger partial charge in [-0.15, -0.1) is 0 Å². The van der Waals surface area contributed by atoms with Gasteiger partial charge in [0.15, 0.2) is 5.76 Å². The molecule has 10 nitrogen and oxygen atoms in total. The van der Waals surface area contributed by atoms with Crippen molar-refractivity contribution in [2.45, 2.75) is 51.8 Å². The lowest BCUT2D eigenvalue weighted by atomic mass is 9.99. The molecule has 0 saturated carbocycles. The van der Waals surface area contributed by atoms with Gasteiger partial charge < -0.3 is 29.4 Å². The fourth-order valence-corrected chi connectivity index (χ4v) is 5.36. The van der Waals surface area contributed by atoms with Crippen molar-refractivity contribution in [3.63, 3.8) is 0 Å².